The van der Waals surface area contributed by atoms with Crippen LogP contribution in [0.5, 0.6) is 0 Å². The lowest BCUT2D eigenvalue weighted by Crippen LogP contribution is -2.59. The fraction of sp³-hybridized carbons (Fsp3) is 0.357. The monoisotopic (exact) mass is 338 g/mol. The Morgan fingerprint density at radius 1 is 1.45 bits per heavy atom. The van der Waals surface area contributed by atoms with E-state index in [0.717, 1.165) is 5.56 Å². The molecule has 1 aliphatic heterocycles. The first kappa shape index (κ1) is 14.7. The second-order valence-electron chi connectivity index (χ2n) is 4.75. The van der Waals surface area contributed by atoms with Gasteiger partial charge in [0, 0.05) is 4.47 Å². The number of carbonyl (C=O) groups is 3. The molecule has 20 heavy (non-hydrogen) atoms. The summed E-state index contributed by atoms with van der Waals surface area (Å²) in [6, 6.07) is 4.81. The van der Waals surface area contributed by atoms with Crippen LogP contribution in [0.15, 0.2) is 22.7 Å². The van der Waals surface area contributed by atoms with Gasteiger partial charge in [0.05, 0.1) is 5.56 Å². The first-order valence-corrected chi connectivity index (χ1v) is 7.14. The average molecular weight is 339 g/mol. The van der Waals surface area contributed by atoms with E-state index in [4.69, 9.17) is 0 Å². The topological polar surface area (TPSA) is 66.5 Å². The molecule has 0 aliphatic carbocycles. The molecule has 0 bridgehead atoms. The van der Waals surface area contributed by atoms with Gasteiger partial charge < -0.3 is 4.90 Å². The Kier molecular flexibility index (Phi) is 4.23. The fourth-order valence-corrected chi connectivity index (χ4v) is 2.66. The number of rotatable bonds is 2. The van der Waals surface area contributed by atoms with Gasteiger partial charge in [-0.2, -0.15) is 0 Å². The van der Waals surface area contributed by atoms with E-state index in [0.29, 0.717) is 16.5 Å². The molecule has 1 saturated heterocycles. The molecule has 1 aliphatic rings. The van der Waals surface area contributed by atoms with Gasteiger partial charge in [0.2, 0.25) is 11.8 Å². The number of benzene rings is 1. The van der Waals surface area contributed by atoms with Crippen LogP contribution >= 0.6 is 15.9 Å². The minimum absolute atomic E-state index is 0.0938. The second kappa shape index (κ2) is 5.75. The molecule has 0 radical (unpaired) electrons. The number of carbonyl (C=O) groups excluding carboxylic acids is 3. The summed E-state index contributed by atoms with van der Waals surface area (Å²) in [5.41, 5.74) is 1.41. The summed E-state index contributed by atoms with van der Waals surface area (Å²) in [7, 11) is 0. The zero-order valence-corrected chi connectivity index (χ0v) is 12.9. The van der Waals surface area contributed by atoms with Crippen molar-refractivity contribution in [3.05, 3.63) is 33.8 Å². The van der Waals surface area contributed by atoms with Gasteiger partial charge in [0.15, 0.2) is 0 Å². The molecule has 2 rings (SSSR count). The molecule has 6 heteroatoms. The van der Waals surface area contributed by atoms with Gasteiger partial charge in [-0.15, -0.1) is 0 Å². The third-order valence-electron chi connectivity index (χ3n) is 3.26. The van der Waals surface area contributed by atoms with Crippen molar-refractivity contribution < 1.29 is 14.4 Å². The third-order valence-corrected chi connectivity index (χ3v) is 3.95. The van der Waals surface area contributed by atoms with Gasteiger partial charge in [-0.05, 0) is 41.4 Å². The van der Waals surface area contributed by atoms with E-state index < -0.39 is 17.9 Å². The zero-order chi connectivity index (χ0) is 14.9. The summed E-state index contributed by atoms with van der Waals surface area (Å²) in [4.78, 5) is 37.2. The maximum atomic E-state index is 12.6. The van der Waals surface area contributed by atoms with Crippen LogP contribution in [-0.2, 0) is 9.59 Å². The number of piperazine rings is 1. The third kappa shape index (κ3) is 2.75. The largest absolute Gasteiger partial charge is 0.317 e. The van der Waals surface area contributed by atoms with Gasteiger partial charge >= 0.3 is 0 Å². The predicted octanol–water partition coefficient (Wildman–Crippen LogP) is 1.63. The van der Waals surface area contributed by atoms with E-state index in [-0.39, 0.29) is 12.5 Å². The lowest BCUT2D eigenvalue weighted by molar-refractivity contribution is -0.138. The molecule has 1 N–H and O–H groups in total. The number of hydrogen-bond acceptors (Lipinski definition) is 3. The Hall–Kier alpha value is -1.69. The lowest BCUT2D eigenvalue weighted by Gasteiger charge is -2.33. The lowest BCUT2D eigenvalue weighted by atomic mass is 10.1. The molecule has 106 valence electrons. The van der Waals surface area contributed by atoms with Crippen molar-refractivity contribution in [2.24, 2.45) is 0 Å². The van der Waals surface area contributed by atoms with Crippen LogP contribution in [0.2, 0.25) is 0 Å². The Morgan fingerprint density at radius 2 is 2.15 bits per heavy atom. The highest BCUT2D eigenvalue weighted by molar-refractivity contribution is 9.10. The highest BCUT2D eigenvalue weighted by Crippen LogP contribution is 2.22. The molecule has 1 unspecified atom stereocenters. The van der Waals surface area contributed by atoms with E-state index in [1.807, 2.05) is 19.9 Å². The van der Waals surface area contributed by atoms with Gasteiger partial charge in [0.25, 0.3) is 5.91 Å². The molecule has 1 aromatic rings. The normalized spacial score (nSPS) is 18.9. The average Bonchev–Trinajstić information content (AvgIpc) is 2.40. The van der Waals surface area contributed by atoms with Crippen LogP contribution in [0.1, 0.15) is 29.3 Å². The molecule has 1 heterocycles. The smallest absolute Gasteiger partial charge is 0.256 e. The quantitative estimate of drug-likeness (QED) is 0.833. The maximum Gasteiger partial charge on any atom is 0.256 e. The second-order valence-corrected chi connectivity index (χ2v) is 5.61. The van der Waals surface area contributed by atoms with Crippen LogP contribution in [0, 0.1) is 6.92 Å². The molecular weight excluding hydrogens is 324 g/mol. The standard InChI is InChI=1S/C14H15BrN2O3/c1-3-11-13(19)16-12(18)7-17(11)14(20)9-6-8(2)4-5-10(9)15/h4-6,11H,3,7H2,1-2H3,(H,16,18,19). The first-order chi connectivity index (χ1) is 9.43. The van der Waals surface area contributed by atoms with E-state index in [1.165, 1.54) is 4.90 Å². The number of aryl methyl sites for hydroxylation is 1. The molecule has 5 nitrogen and oxygen atoms in total. The predicted molar refractivity (Wildman–Crippen MR) is 77.1 cm³/mol. The number of halogens is 1. The molecule has 1 aromatic carbocycles. The van der Waals surface area contributed by atoms with Gasteiger partial charge in [-0.3, -0.25) is 19.7 Å². The van der Waals surface area contributed by atoms with Crippen molar-refractivity contribution >= 4 is 33.7 Å². The van der Waals surface area contributed by atoms with Crippen molar-refractivity contribution in [3.63, 3.8) is 0 Å². The number of hydrogen-bond donors (Lipinski definition) is 1. The van der Waals surface area contributed by atoms with Crippen molar-refractivity contribution in [2.75, 3.05) is 6.54 Å². The van der Waals surface area contributed by atoms with Crippen LogP contribution in [0.4, 0.5) is 0 Å². The minimum Gasteiger partial charge on any atom is -0.317 e. The van der Waals surface area contributed by atoms with Crippen molar-refractivity contribution in [1.29, 1.82) is 0 Å². The highest BCUT2D eigenvalue weighted by Gasteiger charge is 2.36. The highest BCUT2D eigenvalue weighted by atomic mass is 79.9. The van der Waals surface area contributed by atoms with Gasteiger partial charge in [-0.1, -0.05) is 18.6 Å². The Bertz CT molecular complexity index is 586. The Labute approximate surface area is 125 Å². The van der Waals surface area contributed by atoms with Gasteiger partial charge in [-0.25, -0.2) is 0 Å². The number of amides is 3. The summed E-state index contributed by atoms with van der Waals surface area (Å²) in [6.45, 7) is 3.60. The van der Waals surface area contributed by atoms with Crippen LogP contribution in [-0.4, -0.2) is 35.2 Å². The SMILES string of the molecule is CCC1C(=O)NC(=O)CN1C(=O)c1cc(C)ccc1Br. The number of nitrogens with zero attached hydrogens (tertiary/aromatic N) is 1. The van der Waals surface area contributed by atoms with Crippen LogP contribution in [0.3, 0.4) is 0 Å². The van der Waals surface area contributed by atoms with Crippen LogP contribution < -0.4 is 5.32 Å². The summed E-state index contributed by atoms with van der Waals surface area (Å²) in [5, 5.41) is 2.26. The molecule has 0 aromatic heterocycles. The fourth-order valence-electron chi connectivity index (χ4n) is 2.24. The van der Waals surface area contributed by atoms with E-state index >= 15 is 0 Å². The first-order valence-electron chi connectivity index (χ1n) is 6.35. The zero-order valence-electron chi connectivity index (χ0n) is 11.3. The Morgan fingerprint density at radius 3 is 2.80 bits per heavy atom. The van der Waals surface area contributed by atoms with Gasteiger partial charge in [0.1, 0.15) is 12.6 Å². The molecule has 3 amide bonds. The minimum atomic E-state index is -0.604. The van der Waals surface area contributed by atoms with E-state index in [1.54, 1.807) is 12.1 Å². The number of nitrogens with one attached hydrogen (secondary N) is 1. The number of imide groups is 1. The molecule has 0 saturated carbocycles. The van der Waals surface area contributed by atoms with Crippen molar-refractivity contribution in [3.8, 4) is 0 Å². The Balaban J connectivity index is 2.37. The summed E-state index contributed by atoms with van der Waals surface area (Å²) < 4.78 is 0.654. The summed E-state index contributed by atoms with van der Waals surface area (Å²) in [6.07, 6.45) is 0.467. The summed E-state index contributed by atoms with van der Waals surface area (Å²) >= 11 is 3.34. The molecule has 0 spiro atoms. The molecule has 1 atom stereocenters. The van der Waals surface area contributed by atoms with Crippen molar-refractivity contribution in [1.82, 2.24) is 10.2 Å². The molecule has 1 fully saturated rings. The van der Waals surface area contributed by atoms with Crippen LogP contribution in [0.25, 0.3) is 0 Å². The maximum absolute atomic E-state index is 12.6. The van der Waals surface area contributed by atoms with Crippen molar-refractivity contribution in [2.45, 2.75) is 26.3 Å². The van der Waals surface area contributed by atoms with E-state index in [9.17, 15) is 14.4 Å². The summed E-state index contributed by atoms with van der Waals surface area (Å²) in [5.74, 6) is -1.17. The van der Waals surface area contributed by atoms with E-state index in [2.05, 4.69) is 21.2 Å². The molecular formula is C14H15BrN2O3.